The summed E-state index contributed by atoms with van der Waals surface area (Å²) < 4.78 is 1.03. The fourth-order valence-electron chi connectivity index (χ4n) is 2.58. The minimum Gasteiger partial charge on any atom is -0.331 e. The highest BCUT2D eigenvalue weighted by molar-refractivity contribution is 9.10. The third-order valence-electron chi connectivity index (χ3n) is 3.80. The Morgan fingerprint density at radius 2 is 1.73 bits per heavy atom. The molecule has 0 aliphatic carbocycles. The lowest BCUT2D eigenvalue weighted by Gasteiger charge is -2.17. The van der Waals surface area contributed by atoms with Gasteiger partial charge in [0, 0.05) is 26.2 Å². The van der Waals surface area contributed by atoms with Crippen LogP contribution in [-0.4, -0.2) is 4.98 Å². The maximum Gasteiger partial charge on any atom is 0.187 e. The fourth-order valence-corrected chi connectivity index (χ4v) is 4.30. The summed E-state index contributed by atoms with van der Waals surface area (Å²) in [5, 5.41) is 5.12. The van der Waals surface area contributed by atoms with E-state index in [9.17, 15) is 0 Å². The number of halogens is 3. The average Bonchev–Trinajstić information content (AvgIpc) is 2.95. The van der Waals surface area contributed by atoms with Crippen molar-refractivity contribution in [1.82, 2.24) is 4.98 Å². The maximum atomic E-state index is 6.00. The molecule has 1 aromatic heterocycles. The summed E-state index contributed by atoms with van der Waals surface area (Å²) in [7, 11) is 0. The van der Waals surface area contributed by atoms with Crippen molar-refractivity contribution in [2.75, 3.05) is 5.32 Å². The molecular weight excluding hydrogens is 496 g/mol. The lowest BCUT2D eigenvalue weighted by Crippen LogP contribution is -2.14. The Hall–Kier alpha value is -0.880. The molecule has 0 radical (unpaired) electrons. The Morgan fingerprint density at radius 3 is 2.35 bits per heavy atom. The van der Waals surface area contributed by atoms with E-state index >= 15 is 0 Å². The molecule has 2 aromatic carbocycles. The summed E-state index contributed by atoms with van der Waals surface area (Å²) in [5.74, 6) is 0. The lowest BCUT2D eigenvalue weighted by atomic mass is 9.90. The van der Waals surface area contributed by atoms with E-state index in [0.717, 1.165) is 32.4 Å². The van der Waals surface area contributed by atoms with Crippen molar-refractivity contribution in [3.63, 3.8) is 0 Å². The van der Waals surface area contributed by atoms with Crippen LogP contribution in [-0.2, 0) is 11.8 Å². The predicted molar refractivity (Wildman–Crippen MR) is 123 cm³/mol. The molecule has 26 heavy (non-hydrogen) atoms. The standard InChI is InChI=1S/C20H20BrClN2S.BrH/c1-20(2,3)18-17(12-13-8-10-14(22)11-9-13)25-19(24-18)23-16-7-5-4-6-15(16)21;/h4-11H,12H2,1-3H3,(H,23,24);1H. The van der Waals surface area contributed by atoms with Gasteiger partial charge in [-0.3, -0.25) is 0 Å². The van der Waals surface area contributed by atoms with Crippen LogP contribution in [0.4, 0.5) is 10.8 Å². The summed E-state index contributed by atoms with van der Waals surface area (Å²) in [6.45, 7) is 6.61. The van der Waals surface area contributed by atoms with E-state index in [1.807, 2.05) is 36.4 Å². The number of aromatic nitrogens is 1. The monoisotopic (exact) mass is 514 g/mol. The Morgan fingerprint density at radius 1 is 1.08 bits per heavy atom. The Labute approximate surface area is 182 Å². The van der Waals surface area contributed by atoms with Crippen molar-refractivity contribution in [2.45, 2.75) is 32.6 Å². The molecule has 6 heteroatoms. The van der Waals surface area contributed by atoms with Crippen LogP contribution < -0.4 is 5.32 Å². The molecule has 2 nitrogen and oxygen atoms in total. The topological polar surface area (TPSA) is 24.9 Å². The molecule has 1 N–H and O–H groups in total. The molecule has 138 valence electrons. The molecule has 3 aromatic rings. The van der Waals surface area contributed by atoms with Crippen molar-refractivity contribution in [2.24, 2.45) is 0 Å². The first kappa shape index (κ1) is 21.4. The van der Waals surface area contributed by atoms with Crippen LogP contribution in [0.1, 0.15) is 36.9 Å². The second-order valence-corrected chi connectivity index (χ2v) is 9.32. The summed E-state index contributed by atoms with van der Waals surface area (Å²) >= 11 is 11.3. The number of hydrogen-bond acceptors (Lipinski definition) is 3. The van der Waals surface area contributed by atoms with Crippen LogP contribution in [0, 0.1) is 0 Å². The van der Waals surface area contributed by atoms with Gasteiger partial charge in [-0.2, -0.15) is 0 Å². The average molecular weight is 517 g/mol. The number of para-hydroxylation sites is 1. The normalized spacial score (nSPS) is 11.1. The number of anilines is 2. The second kappa shape index (κ2) is 8.87. The second-order valence-electron chi connectivity index (χ2n) is 6.95. The zero-order chi connectivity index (χ0) is 18.0. The molecule has 0 aliphatic rings. The first-order valence-electron chi connectivity index (χ1n) is 8.09. The first-order valence-corrected chi connectivity index (χ1v) is 10.1. The van der Waals surface area contributed by atoms with E-state index in [-0.39, 0.29) is 22.4 Å². The van der Waals surface area contributed by atoms with E-state index in [0.29, 0.717) is 0 Å². The minimum atomic E-state index is -0.00783. The van der Waals surface area contributed by atoms with Gasteiger partial charge < -0.3 is 5.32 Å². The third-order valence-corrected chi connectivity index (χ3v) is 5.72. The summed E-state index contributed by atoms with van der Waals surface area (Å²) in [5.41, 5.74) is 3.40. The fraction of sp³-hybridized carbons (Fsp3) is 0.250. The number of benzene rings is 2. The number of rotatable bonds is 4. The van der Waals surface area contributed by atoms with Gasteiger partial charge in [0.2, 0.25) is 0 Å². The molecular formula is C20H21Br2ClN2S. The van der Waals surface area contributed by atoms with Gasteiger partial charge in [0.1, 0.15) is 0 Å². The number of thiazole rings is 1. The Bertz CT molecular complexity index is 870. The Balaban J connectivity index is 0.00000243. The van der Waals surface area contributed by atoms with Crippen LogP contribution in [0.2, 0.25) is 5.02 Å². The highest BCUT2D eigenvalue weighted by Gasteiger charge is 2.23. The van der Waals surface area contributed by atoms with Gasteiger partial charge in [0.15, 0.2) is 5.13 Å². The van der Waals surface area contributed by atoms with Crippen molar-refractivity contribution in [3.05, 3.63) is 74.2 Å². The first-order chi connectivity index (χ1) is 11.8. The van der Waals surface area contributed by atoms with Gasteiger partial charge in [-0.15, -0.1) is 28.3 Å². The minimum absolute atomic E-state index is 0. The van der Waals surface area contributed by atoms with E-state index in [1.54, 1.807) is 11.3 Å². The van der Waals surface area contributed by atoms with Crippen molar-refractivity contribution < 1.29 is 0 Å². The molecule has 0 aliphatic heterocycles. The molecule has 1 heterocycles. The number of hydrogen-bond donors (Lipinski definition) is 1. The van der Waals surface area contributed by atoms with E-state index in [4.69, 9.17) is 16.6 Å². The van der Waals surface area contributed by atoms with Gasteiger partial charge in [-0.05, 0) is 45.8 Å². The van der Waals surface area contributed by atoms with Gasteiger partial charge in [-0.25, -0.2) is 4.98 Å². The molecule has 0 unspecified atom stereocenters. The van der Waals surface area contributed by atoms with E-state index in [1.165, 1.54) is 10.4 Å². The highest BCUT2D eigenvalue weighted by Crippen LogP contribution is 2.36. The Kier molecular flexibility index (Phi) is 7.31. The van der Waals surface area contributed by atoms with Crippen LogP contribution in [0.15, 0.2) is 53.0 Å². The third kappa shape index (κ3) is 5.32. The predicted octanol–water partition coefficient (Wildman–Crippen LogP) is 7.77. The van der Waals surface area contributed by atoms with Gasteiger partial charge in [0.25, 0.3) is 0 Å². The van der Waals surface area contributed by atoms with Crippen LogP contribution >= 0.6 is 55.8 Å². The number of nitrogens with one attached hydrogen (secondary N) is 1. The molecule has 0 amide bonds. The molecule has 0 atom stereocenters. The largest absolute Gasteiger partial charge is 0.331 e. The van der Waals surface area contributed by atoms with Crippen LogP contribution in [0.5, 0.6) is 0 Å². The smallest absolute Gasteiger partial charge is 0.187 e. The molecule has 0 saturated heterocycles. The van der Waals surface area contributed by atoms with E-state index in [2.05, 4.69) is 54.2 Å². The van der Waals surface area contributed by atoms with Gasteiger partial charge in [-0.1, -0.05) is 56.6 Å². The van der Waals surface area contributed by atoms with Crippen molar-refractivity contribution in [3.8, 4) is 0 Å². The van der Waals surface area contributed by atoms with Crippen LogP contribution in [0.3, 0.4) is 0 Å². The zero-order valence-corrected chi connectivity index (χ0v) is 19.7. The van der Waals surface area contributed by atoms with Gasteiger partial charge in [0.05, 0.1) is 11.4 Å². The summed E-state index contributed by atoms with van der Waals surface area (Å²) in [6, 6.07) is 16.1. The quantitative estimate of drug-likeness (QED) is 0.383. The molecule has 0 fully saturated rings. The zero-order valence-electron chi connectivity index (χ0n) is 14.8. The lowest BCUT2D eigenvalue weighted by molar-refractivity contribution is 0.568. The summed E-state index contributed by atoms with van der Waals surface area (Å²) in [4.78, 5) is 6.17. The SMILES string of the molecule is Br.CC(C)(C)c1nc(Nc2ccccc2Br)sc1Cc1ccc(Cl)cc1. The van der Waals surface area contributed by atoms with Gasteiger partial charge >= 0.3 is 0 Å². The summed E-state index contributed by atoms with van der Waals surface area (Å²) in [6.07, 6.45) is 0.860. The molecule has 0 bridgehead atoms. The molecule has 3 rings (SSSR count). The van der Waals surface area contributed by atoms with Crippen molar-refractivity contribution >= 4 is 66.7 Å². The van der Waals surface area contributed by atoms with Crippen LogP contribution in [0.25, 0.3) is 0 Å². The molecule has 0 saturated carbocycles. The maximum absolute atomic E-state index is 6.00. The highest BCUT2D eigenvalue weighted by atomic mass is 79.9. The van der Waals surface area contributed by atoms with Crippen molar-refractivity contribution in [1.29, 1.82) is 0 Å². The van der Waals surface area contributed by atoms with E-state index < -0.39 is 0 Å². The molecule has 0 spiro atoms. The number of nitrogens with zero attached hydrogens (tertiary/aromatic N) is 1.